The molecule has 1 N–H and O–H groups in total. The largest absolute Gasteiger partial charge is 0.493 e. The first-order valence-electron chi connectivity index (χ1n) is 11.6. The van der Waals surface area contributed by atoms with Gasteiger partial charge in [-0.15, -0.1) is 10.2 Å². The number of methoxy groups -OCH3 is 1. The number of carboxylic acids is 1. The molecule has 0 aliphatic heterocycles. The number of carboxylic acid groups (broad SMARTS) is 1. The Balaban J connectivity index is 1.37. The minimum Gasteiger partial charge on any atom is -0.493 e. The second-order valence-electron chi connectivity index (χ2n) is 8.26. The summed E-state index contributed by atoms with van der Waals surface area (Å²) in [5.41, 5.74) is 2.29. The smallest absolute Gasteiger partial charge is 0.342 e. The third-order valence-electron chi connectivity index (χ3n) is 5.71. The van der Waals surface area contributed by atoms with E-state index in [2.05, 4.69) is 44.3 Å². The molecule has 0 aliphatic carbocycles. The van der Waals surface area contributed by atoms with Crippen LogP contribution in [0.15, 0.2) is 97.9 Å². The van der Waals surface area contributed by atoms with Crippen LogP contribution in [0.1, 0.15) is 11.1 Å². The minimum atomic E-state index is -1.14. The van der Waals surface area contributed by atoms with Gasteiger partial charge in [0.2, 0.25) is 5.89 Å². The Labute approximate surface area is 241 Å². The van der Waals surface area contributed by atoms with Crippen molar-refractivity contribution in [3.05, 3.63) is 104 Å². The Morgan fingerprint density at radius 3 is 2.62 bits per heavy atom. The Hall–Kier alpha value is -3.79. The summed E-state index contributed by atoms with van der Waals surface area (Å²) in [6.07, 6.45) is 1.50. The molecule has 196 valence electrons. The highest BCUT2D eigenvalue weighted by Gasteiger charge is 2.18. The lowest BCUT2D eigenvalue weighted by atomic mass is 10.1. The number of rotatable bonds is 9. The maximum absolute atomic E-state index is 12.0. The standard InChI is InChI=1S/C29H20BrClN2O5S/c1-36-24-14-17(13-23(30)26(24)37-16-20-7-4-6-18-5-2-3-8-22(18)20)15-25(28(34)35)39-29-33-32-27(38-29)19-9-11-21(31)12-10-19/h2-15H,16H2,1H3,(H,34,35)/b25-15-. The van der Waals surface area contributed by atoms with Gasteiger partial charge < -0.3 is 19.0 Å². The number of thioether (sulfide) groups is 1. The number of carbonyl (C=O) groups is 1. The van der Waals surface area contributed by atoms with Crippen molar-refractivity contribution in [3.8, 4) is 23.0 Å². The summed E-state index contributed by atoms with van der Waals surface area (Å²) in [5.74, 6) is 0.0821. The van der Waals surface area contributed by atoms with Crippen molar-refractivity contribution in [1.29, 1.82) is 0 Å². The van der Waals surface area contributed by atoms with Crippen LogP contribution in [0.4, 0.5) is 0 Å². The number of benzene rings is 4. The molecule has 0 atom stereocenters. The molecule has 4 aromatic carbocycles. The number of ether oxygens (including phenoxy) is 2. The van der Waals surface area contributed by atoms with Crippen LogP contribution in [0.3, 0.4) is 0 Å². The number of hydrogen-bond donors (Lipinski definition) is 1. The molecule has 0 saturated heterocycles. The second kappa shape index (κ2) is 11.9. The first-order chi connectivity index (χ1) is 18.9. The molecule has 0 fully saturated rings. The zero-order valence-electron chi connectivity index (χ0n) is 20.4. The van der Waals surface area contributed by atoms with E-state index in [1.807, 2.05) is 24.3 Å². The van der Waals surface area contributed by atoms with E-state index in [9.17, 15) is 9.90 Å². The molecule has 1 aromatic heterocycles. The molecule has 39 heavy (non-hydrogen) atoms. The van der Waals surface area contributed by atoms with Crippen LogP contribution in [-0.4, -0.2) is 28.4 Å². The van der Waals surface area contributed by atoms with Crippen molar-refractivity contribution in [2.45, 2.75) is 11.8 Å². The van der Waals surface area contributed by atoms with Gasteiger partial charge in [0.25, 0.3) is 5.22 Å². The molecule has 10 heteroatoms. The lowest BCUT2D eigenvalue weighted by Crippen LogP contribution is -2.00. The normalized spacial score (nSPS) is 11.5. The van der Waals surface area contributed by atoms with E-state index >= 15 is 0 Å². The maximum atomic E-state index is 12.0. The molecule has 0 spiro atoms. The maximum Gasteiger partial charge on any atom is 0.342 e. The van der Waals surface area contributed by atoms with Crippen LogP contribution in [0.25, 0.3) is 28.3 Å². The lowest BCUT2D eigenvalue weighted by molar-refractivity contribution is -0.131. The summed E-state index contributed by atoms with van der Waals surface area (Å²) in [6.45, 7) is 0.328. The van der Waals surface area contributed by atoms with E-state index in [4.69, 9.17) is 25.5 Å². The zero-order chi connectivity index (χ0) is 27.4. The Morgan fingerprint density at radius 2 is 1.85 bits per heavy atom. The number of hydrogen-bond acceptors (Lipinski definition) is 7. The topological polar surface area (TPSA) is 94.7 Å². The van der Waals surface area contributed by atoms with Gasteiger partial charge in [0.15, 0.2) is 11.5 Å². The van der Waals surface area contributed by atoms with Gasteiger partial charge in [0.1, 0.15) is 11.5 Å². The third kappa shape index (κ3) is 6.27. The second-order valence-corrected chi connectivity index (χ2v) is 10.5. The van der Waals surface area contributed by atoms with Gasteiger partial charge in [-0.3, -0.25) is 0 Å². The average molecular weight is 624 g/mol. The van der Waals surface area contributed by atoms with Crippen molar-refractivity contribution < 1.29 is 23.8 Å². The molecule has 5 rings (SSSR count). The van der Waals surface area contributed by atoms with E-state index in [1.54, 1.807) is 36.4 Å². The van der Waals surface area contributed by atoms with Crippen molar-refractivity contribution in [2.75, 3.05) is 7.11 Å². The van der Waals surface area contributed by atoms with Crippen molar-refractivity contribution in [2.24, 2.45) is 0 Å². The van der Waals surface area contributed by atoms with Crippen LogP contribution < -0.4 is 9.47 Å². The summed E-state index contributed by atoms with van der Waals surface area (Å²) in [5, 5.41) is 20.7. The fourth-order valence-corrected chi connectivity index (χ4v) is 5.24. The molecule has 0 saturated carbocycles. The van der Waals surface area contributed by atoms with E-state index in [1.165, 1.54) is 13.2 Å². The number of aliphatic carboxylic acids is 1. The highest BCUT2D eigenvalue weighted by Crippen LogP contribution is 2.39. The van der Waals surface area contributed by atoms with Crippen molar-refractivity contribution >= 4 is 62.1 Å². The van der Waals surface area contributed by atoms with Crippen molar-refractivity contribution in [1.82, 2.24) is 10.2 Å². The summed E-state index contributed by atoms with van der Waals surface area (Å²) in [6, 6.07) is 24.5. The first kappa shape index (κ1) is 26.8. The fourth-order valence-electron chi connectivity index (χ4n) is 3.87. The first-order valence-corrected chi connectivity index (χ1v) is 13.6. The molecule has 0 radical (unpaired) electrons. The third-order valence-corrected chi connectivity index (χ3v) is 7.40. The zero-order valence-corrected chi connectivity index (χ0v) is 23.6. The van der Waals surface area contributed by atoms with Gasteiger partial charge in [-0.25, -0.2) is 4.79 Å². The SMILES string of the molecule is COc1cc(/C=C(\Sc2nnc(-c3ccc(Cl)cc3)o2)C(=O)O)cc(Br)c1OCc1cccc2ccccc12. The predicted octanol–water partition coefficient (Wildman–Crippen LogP) is 8.11. The number of fused-ring (bicyclic) bond motifs is 1. The molecule has 0 unspecified atom stereocenters. The average Bonchev–Trinajstić information content (AvgIpc) is 3.40. The summed E-state index contributed by atoms with van der Waals surface area (Å²) >= 11 is 10.3. The van der Waals surface area contributed by atoms with Crippen LogP contribution in [0.5, 0.6) is 11.5 Å². The monoisotopic (exact) mass is 622 g/mol. The molecule has 7 nitrogen and oxygen atoms in total. The number of halogens is 2. The van der Waals surface area contributed by atoms with Gasteiger partial charge >= 0.3 is 5.97 Å². The summed E-state index contributed by atoms with van der Waals surface area (Å²) < 4.78 is 18.0. The molecular formula is C29H20BrClN2O5S. The van der Waals surface area contributed by atoms with E-state index in [0.29, 0.717) is 38.7 Å². The van der Waals surface area contributed by atoms with Crippen LogP contribution in [0.2, 0.25) is 5.02 Å². The molecule has 5 aromatic rings. The van der Waals surface area contributed by atoms with Gasteiger partial charge in [0, 0.05) is 10.6 Å². The fraction of sp³-hybridized carbons (Fsp3) is 0.0690. The molecule has 1 heterocycles. The van der Waals surface area contributed by atoms with Crippen LogP contribution >= 0.6 is 39.3 Å². The minimum absolute atomic E-state index is 0.0142. The highest BCUT2D eigenvalue weighted by molar-refractivity contribution is 9.10. The quantitative estimate of drug-likeness (QED) is 0.130. The predicted molar refractivity (Wildman–Crippen MR) is 155 cm³/mol. The van der Waals surface area contributed by atoms with Gasteiger partial charge in [-0.1, -0.05) is 54.1 Å². The summed E-state index contributed by atoms with van der Waals surface area (Å²) in [7, 11) is 1.53. The van der Waals surface area contributed by atoms with E-state index in [0.717, 1.165) is 28.1 Å². The lowest BCUT2D eigenvalue weighted by Gasteiger charge is -2.15. The Morgan fingerprint density at radius 1 is 1.08 bits per heavy atom. The molecule has 0 aliphatic rings. The Kier molecular flexibility index (Phi) is 8.21. The van der Waals surface area contributed by atoms with E-state index in [-0.39, 0.29) is 16.0 Å². The van der Waals surface area contributed by atoms with Crippen LogP contribution in [-0.2, 0) is 11.4 Å². The van der Waals surface area contributed by atoms with Crippen molar-refractivity contribution in [3.63, 3.8) is 0 Å². The summed E-state index contributed by atoms with van der Waals surface area (Å²) in [4.78, 5) is 12.0. The highest BCUT2D eigenvalue weighted by atomic mass is 79.9. The number of aromatic nitrogens is 2. The number of nitrogens with zero attached hydrogens (tertiary/aromatic N) is 2. The van der Waals surface area contributed by atoms with Gasteiger partial charge in [-0.2, -0.15) is 0 Å². The van der Waals surface area contributed by atoms with Gasteiger partial charge in [0.05, 0.1) is 11.6 Å². The molecule has 0 amide bonds. The molecular weight excluding hydrogens is 604 g/mol. The van der Waals surface area contributed by atoms with E-state index < -0.39 is 5.97 Å². The Bertz CT molecular complexity index is 1680. The van der Waals surface area contributed by atoms with Gasteiger partial charge in [-0.05, 0) is 92.1 Å². The molecule has 0 bridgehead atoms. The van der Waals surface area contributed by atoms with Crippen LogP contribution in [0, 0.1) is 0 Å².